The van der Waals surface area contributed by atoms with Gasteiger partial charge in [-0.05, 0) is 43.7 Å². The molecule has 0 amide bonds. The average molecular weight is 563 g/mol. The van der Waals surface area contributed by atoms with E-state index >= 15 is 0 Å². The number of esters is 1. The van der Waals surface area contributed by atoms with Gasteiger partial charge in [0.05, 0.1) is 29.5 Å². The SMILES string of the molecule is CCCC1=C(C(=O)OCC)[C@H](c2cc(Cl)ccc2OC)n2c(s/c(=C\c3ccccc3OC(F)F)c2=O)=N1. The highest BCUT2D eigenvalue weighted by atomic mass is 35.5. The second-order valence-electron chi connectivity index (χ2n) is 8.22. The number of rotatable bonds is 9. The van der Waals surface area contributed by atoms with Crippen LogP contribution in [0.5, 0.6) is 11.5 Å². The number of aromatic nitrogens is 1. The minimum absolute atomic E-state index is 0.0692. The number of carbonyl (C=O) groups excluding carboxylic acids is 1. The molecule has 0 spiro atoms. The van der Waals surface area contributed by atoms with E-state index in [4.69, 9.17) is 21.1 Å². The molecule has 0 saturated heterocycles. The number of hydrogen-bond donors (Lipinski definition) is 0. The third-order valence-electron chi connectivity index (χ3n) is 5.80. The quantitative estimate of drug-likeness (QED) is 0.349. The molecule has 0 fully saturated rings. The van der Waals surface area contributed by atoms with Gasteiger partial charge in [0.15, 0.2) is 4.80 Å². The van der Waals surface area contributed by atoms with Crippen molar-refractivity contribution >= 4 is 35.0 Å². The Hall–Kier alpha value is -3.50. The summed E-state index contributed by atoms with van der Waals surface area (Å²) in [5.41, 5.74) is 1.03. The molecule has 38 heavy (non-hydrogen) atoms. The van der Waals surface area contributed by atoms with Crippen LogP contribution in [-0.4, -0.2) is 30.9 Å². The number of hydrogen-bond acceptors (Lipinski definition) is 7. The predicted octanol–water partition coefficient (Wildman–Crippen LogP) is 4.84. The van der Waals surface area contributed by atoms with Crippen molar-refractivity contribution in [1.82, 2.24) is 4.57 Å². The lowest BCUT2D eigenvalue weighted by Gasteiger charge is -2.27. The number of allylic oxidation sites excluding steroid dienone is 1. The van der Waals surface area contributed by atoms with E-state index in [1.165, 1.54) is 23.8 Å². The number of nitrogens with zero attached hydrogens (tertiary/aromatic N) is 2. The van der Waals surface area contributed by atoms with Gasteiger partial charge in [-0.25, -0.2) is 9.79 Å². The second-order valence-corrected chi connectivity index (χ2v) is 9.66. The highest BCUT2D eigenvalue weighted by Gasteiger charge is 2.36. The number of thiazole rings is 1. The molecule has 1 atom stereocenters. The van der Waals surface area contributed by atoms with Gasteiger partial charge in [0.2, 0.25) is 0 Å². The van der Waals surface area contributed by atoms with Crippen LogP contribution in [0.4, 0.5) is 8.78 Å². The number of fused-ring (bicyclic) bond motifs is 1. The molecule has 1 aromatic heterocycles. The molecule has 0 N–H and O–H groups in total. The van der Waals surface area contributed by atoms with Crippen molar-refractivity contribution in [2.24, 2.45) is 4.99 Å². The Kier molecular flexibility index (Phi) is 8.63. The van der Waals surface area contributed by atoms with Crippen molar-refractivity contribution < 1.29 is 27.8 Å². The Labute approximate surface area is 226 Å². The second kappa shape index (κ2) is 11.9. The van der Waals surface area contributed by atoms with E-state index in [0.717, 1.165) is 11.3 Å². The Morgan fingerprint density at radius 3 is 2.66 bits per heavy atom. The maximum Gasteiger partial charge on any atom is 0.387 e. The summed E-state index contributed by atoms with van der Waals surface area (Å²) in [5, 5.41) is 0.387. The van der Waals surface area contributed by atoms with Crippen LogP contribution >= 0.6 is 22.9 Å². The molecule has 1 aliphatic rings. The zero-order chi connectivity index (χ0) is 27.4. The van der Waals surface area contributed by atoms with E-state index in [2.05, 4.69) is 9.73 Å². The summed E-state index contributed by atoms with van der Waals surface area (Å²) in [6, 6.07) is 10.2. The highest BCUT2D eigenvalue weighted by Crippen LogP contribution is 2.38. The van der Waals surface area contributed by atoms with Gasteiger partial charge in [0.25, 0.3) is 5.56 Å². The number of benzene rings is 2. The highest BCUT2D eigenvalue weighted by molar-refractivity contribution is 7.07. The molecule has 3 aromatic rings. The van der Waals surface area contributed by atoms with Gasteiger partial charge in [0, 0.05) is 16.1 Å². The Morgan fingerprint density at radius 2 is 1.97 bits per heavy atom. The first-order chi connectivity index (χ1) is 18.3. The van der Waals surface area contributed by atoms with Crippen LogP contribution in [0.25, 0.3) is 6.08 Å². The number of carbonyl (C=O) groups is 1. The van der Waals surface area contributed by atoms with E-state index in [9.17, 15) is 18.4 Å². The van der Waals surface area contributed by atoms with Crippen molar-refractivity contribution in [2.45, 2.75) is 39.3 Å². The topological polar surface area (TPSA) is 79.1 Å². The van der Waals surface area contributed by atoms with Crippen LogP contribution in [0.3, 0.4) is 0 Å². The van der Waals surface area contributed by atoms with Gasteiger partial charge in [0.1, 0.15) is 17.5 Å². The largest absolute Gasteiger partial charge is 0.496 e. The molecule has 11 heteroatoms. The van der Waals surface area contributed by atoms with Crippen LogP contribution in [-0.2, 0) is 9.53 Å². The minimum atomic E-state index is -3.02. The standard InChI is InChI=1S/C27H25ClF2N2O5S/c1-4-8-18-22(25(34)36-5-2)23(17-14-16(28)11-12-20(17)35-3)32-24(33)21(38-27(32)31-18)13-15-9-6-7-10-19(15)37-26(29)30/h6-7,9-14,23,26H,4-5,8H2,1-3H3/b21-13-/t23-/m0/s1. The van der Waals surface area contributed by atoms with Crippen molar-refractivity contribution in [3.63, 3.8) is 0 Å². The maximum absolute atomic E-state index is 13.9. The first-order valence-corrected chi connectivity index (χ1v) is 13.1. The van der Waals surface area contributed by atoms with E-state index in [1.54, 1.807) is 43.3 Å². The fourth-order valence-corrected chi connectivity index (χ4v) is 5.47. The van der Waals surface area contributed by atoms with Crippen LogP contribution in [0.2, 0.25) is 5.02 Å². The number of alkyl halides is 2. The van der Waals surface area contributed by atoms with Gasteiger partial charge >= 0.3 is 12.6 Å². The fourth-order valence-electron chi connectivity index (χ4n) is 4.28. The molecule has 0 aliphatic carbocycles. The molecular formula is C27H25ClF2N2O5S. The molecule has 0 saturated carbocycles. The molecule has 4 rings (SSSR count). The van der Waals surface area contributed by atoms with Crippen LogP contribution in [0.15, 0.2) is 63.5 Å². The summed E-state index contributed by atoms with van der Waals surface area (Å²) in [6.07, 6.45) is 2.62. The Bertz CT molecular complexity index is 1560. The molecule has 0 unspecified atom stereocenters. The van der Waals surface area contributed by atoms with Crippen LogP contribution < -0.4 is 24.4 Å². The van der Waals surface area contributed by atoms with Crippen molar-refractivity contribution in [3.8, 4) is 11.5 Å². The van der Waals surface area contributed by atoms with E-state index in [-0.39, 0.29) is 22.5 Å². The zero-order valence-electron chi connectivity index (χ0n) is 20.9. The lowest BCUT2D eigenvalue weighted by molar-refractivity contribution is -0.139. The van der Waals surface area contributed by atoms with E-state index in [0.29, 0.717) is 45.2 Å². The van der Waals surface area contributed by atoms with Gasteiger partial charge in [-0.3, -0.25) is 9.36 Å². The summed E-state index contributed by atoms with van der Waals surface area (Å²) in [7, 11) is 1.48. The van der Waals surface area contributed by atoms with Crippen molar-refractivity contribution in [3.05, 3.63) is 89.6 Å². The molecule has 0 bridgehead atoms. The van der Waals surface area contributed by atoms with Gasteiger partial charge in [-0.1, -0.05) is 54.5 Å². The first kappa shape index (κ1) is 27.5. The molecular weight excluding hydrogens is 538 g/mol. The minimum Gasteiger partial charge on any atom is -0.496 e. The smallest absolute Gasteiger partial charge is 0.387 e. The Morgan fingerprint density at radius 1 is 1.21 bits per heavy atom. The number of para-hydroxylation sites is 1. The molecule has 2 heterocycles. The van der Waals surface area contributed by atoms with Gasteiger partial charge < -0.3 is 14.2 Å². The third-order valence-corrected chi connectivity index (χ3v) is 7.02. The average Bonchev–Trinajstić information content (AvgIpc) is 3.19. The summed E-state index contributed by atoms with van der Waals surface area (Å²) < 4.78 is 43.1. The van der Waals surface area contributed by atoms with Gasteiger partial charge in [-0.15, -0.1) is 0 Å². The summed E-state index contributed by atoms with van der Waals surface area (Å²) in [6.45, 7) is 0.757. The summed E-state index contributed by atoms with van der Waals surface area (Å²) in [5.74, 6) is -0.249. The molecule has 2 aromatic carbocycles. The number of ether oxygens (including phenoxy) is 3. The molecule has 0 radical (unpaired) electrons. The lowest BCUT2D eigenvalue weighted by atomic mass is 9.93. The zero-order valence-corrected chi connectivity index (χ0v) is 22.4. The summed E-state index contributed by atoms with van der Waals surface area (Å²) >= 11 is 7.42. The maximum atomic E-state index is 13.9. The van der Waals surface area contributed by atoms with Crippen LogP contribution in [0, 0.1) is 0 Å². The number of halogens is 3. The summed E-state index contributed by atoms with van der Waals surface area (Å²) in [4.78, 5) is 32.2. The Balaban J connectivity index is 2.03. The normalized spacial score (nSPS) is 15.3. The lowest BCUT2D eigenvalue weighted by Crippen LogP contribution is -2.40. The van der Waals surface area contributed by atoms with E-state index in [1.807, 2.05) is 6.92 Å². The molecule has 7 nitrogen and oxygen atoms in total. The van der Waals surface area contributed by atoms with Gasteiger partial charge in [-0.2, -0.15) is 8.78 Å². The van der Waals surface area contributed by atoms with Crippen LogP contribution in [0.1, 0.15) is 43.9 Å². The monoisotopic (exact) mass is 562 g/mol. The molecule has 1 aliphatic heterocycles. The van der Waals surface area contributed by atoms with Crippen molar-refractivity contribution in [2.75, 3.05) is 13.7 Å². The third kappa shape index (κ3) is 5.51. The van der Waals surface area contributed by atoms with E-state index < -0.39 is 24.2 Å². The first-order valence-electron chi connectivity index (χ1n) is 11.9. The predicted molar refractivity (Wildman–Crippen MR) is 141 cm³/mol. The van der Waals surface area contributed by atoms with Crippen molar-refractivity contribution in [1.29, 1.82) is 0 Å². The fraction of sp³-hybridized carbons (Fsp3) is 0.296. The number of methoxy groups -OCH3 is 1. The molecule has 200 valence electrons.